The fraction of sp³-hybridized carbons (Fsp3) is 0.750. The van der Waals surface area contributed by atoms with Gasteiger partial charge in [-0.3, -0.25) is 4.98 Å². The molecule has 20 heavy (non-hydrogen) atoms. The lowest BCUT2D eigenvalue weighted by molar-refractivity contribution is 0.270. The van der Waals surface area contributed by atoms with Gasteiger partial charge in [-0.1, -0.05) is 39.3 Å². The summed E-state index contributed by atoms with van der Waals surface area (Å²) in [5.74, 6) is 1.09. The molecule has 0 N–H and O–H groups in total. The highest BCUT2D eigenvalue weighted by molar-refractivity contribution is 6.29. The Bertz CT molecular complexity index is 322. The minimum Gasteiger partial charge on any atom is -0.303 e. The molecule has 2 bridgehead atoms. The van der Waals surface area contributed by atoms with E-state index >= 15 is 0 Å². The van der Waals surface area contributed by atoms with Gasteiger partial charge in [0.25, 0.3) is 0 Å². The molecular formula is C16H30ClN3. The average molecular weight is 300 g/mol. The van der Waals surface area contributed by atoms with E-state index in [9.17, 15) is 0 Å². The van der Waals surface area contributed by atoms with Gasteiger partial charge in [-0.2, -0.15) is 0 Å². The predicted molar refractivity (Wildman–Crippen MR) is 88.3 cm³/mol. The lowest BCUT2D eigenvalue weighted by Crippen LogP contribution is -2.25. The molecule has 2 atom stereocenters. The Kier molecular flexibility index (Phi) is 10.7. The highest BCUT2D eigenvalue weighted by Crippen LogP contribution is 2.25. The van der Waals surface area contributed by atoms with Gasteiger partial charge in [-0.15, -0.1) is 0 Å². The highest BCUT2D eigenvalue weighted by atomic mass is 35.5. The number of hydrogen-bond acceptors (Lipinski definition) is 3. The smallest absolute Gasteiger partial charge is 0.150 e. The highest BCUT2D eigenvalue weighted by Gasteiger charge is 2.25. The summed E-state index contributed by atoms with van der Waals surface area (Å²) in [6.07, 6.45) is 8.89. The number of rotatable bonds is 0. The van der Waals surface area contributed by atoms with E-state index in [4.69, 9.17) is 11.6 Å². The van der Waals surface area contributed by atoms with Crippen LogP contribution in [0.5, 0.6) is 0 Å². The normalized spacial score (nSPS) is 22.6. The Morgan fingerprint density at radius 2 is 1.85 bits per heavy atom. The summed E-state index contributed by atoms with van der Waals surface area (Å²) in [5.41, 5.74) is 0.772. The summed E-state index contributed by atoms with van der Waals surface area (Å²) in [7, 11) is 0. The van der Waals surface area contributed by atoms with Gasteiger partial charge in [-0.25, -0.2) is 4.98 Å². The Labute approximate surface area is 129 Å². The first kappa shape index (κ1) is 19.3. The Morgan fingerprint density at radius 1 is 1.20 bits per heavy atom. The number of aromatic nitrogens is 2. The van der Waals surface area contributed by atoms with Gasteiger partial charge >= 0.3 is 0 Å². The van der Waals surface area contributed by atoms with Gasteiger partial charge in [0.15, 0.2) is 0 Å². The second-order valence-corrected chi connectivity index (χ2v) is 5.60. The van der Waals surface area contributed by atoms with Crippen molar-refractivity contribution in [3.05, 3.63) is 23.2 Å². The summed E-state index contributed by atoms with van der Waals surface area (Å²) in [6.45, 7) is 10.3. The zero-order valence-electron chi connectivity index (χ0n) is 12.4. The molecule has 1 aromatic rings. The first-order chi connectivity index (χ1) is 9.17. The molecule has 116 valence electrons. The third-order valence-electron chi connectivity index (χ3n) is 3.28. The number of piperidine rings is 1. The third kappa shape index (κ3) is 7.20. The zero-order valence-corrected chi connectivity index (χ0v) is 13.2. The van der Waals surface area contributed by atoms with E-state index in [1.807, 2.05) is 6.92 Å². The van der Waals surface area contributed by atoms with Gasteiger partial charge in [-0.05, 0) is 45.2 Å². The summed E-state index contributed by atoms with van der Waals surface area (Å²) < 4.78 is 0. The monoisotopic (exact) mass is 299 g/mol. The van der Waals surface area contributed by atoms with Gasteiger partial charge in [0, 0.05) is 18.9 Å². The van der Waals surface area contributed by atoms with Crippen molar-refractivity contribution >= 4 is 11.6 Å². The van der Waals surface area contributed by atoms with Crippen LogP contribution in [-0.4, -0.2) is 34.5 Å². The van der Waals surface area contributed by atoms with Crippen molar-refractivity contribution in [2.45, 2.75) is 53.9 Å². The Hall–Kier alpha value is -0.670. The Morgan fingerprint density at radius 3 is 2.30 bits per heavy atom. The van der Waals surface area contributed by atoms with E-state index in [2.05, 4.69) is 28.7 Å². The fourth-order valence-electron chi connectivity index (χ4n) is 2.35. The topological polar surface area (TPSA) is 29.0 Å². The molecule has 4 heteroatoms. The lowest BCUT2D eigenvalue weighted by Gasteiger charge is -2.20. The minimum absolute atomic E-state index is 0. The maximum Gasteiger partial charge on any atom is 0.150 e. The van der Waals surface area contributed by atoms with Crippen LogP contribution in [-0.2, 0) is 0 Å². The number of hydrogen-bond donors (Lipinski definition) is 0. The van der Waals surface area contributed by atoms with Crippen molar-refractivity contribution in [3.8, 4) is 0 Å². The van der Waals surface area contributed by atoms with Crippen LogP contribution in [0.3, 0.4) is 0 Å². The van der Waals surface area contributed by atoms with Crippen LogP contribution in [0, 0.1) is 12.8 Å². The predicted octanol–water partition coefficient (Wildman–Crippen LogP) is 4.59. The van der Waals surface area contributed by atoms with E-state index in [-0.39, 0.29) is 7.43 Å². The molecule has 1 aromatic heterocycles. The first-order valence-corrected chi connectivity index (χ1v) is 7.70. The molecule has 3 heterocycles. The summed E-state index contributed by atoms with van der Waals surface area (Å²) in [5, 5.41) is 0.479. The molecule has 0 radical (unpaired) electrons. The van der Waals surface area contributed by atoms with E-state index < -0.39 is 0 Å². The molecular weight excluding hydrogens is 270 g/mol. The molecule has 2 saturated heterocycles. The summed E-state index contributed by atoms with van der Waals surface area (Å²) in [4.78, 5) is 10.3. The van der Waals surface area contributed by atoms with Gasteiger partial charge in [0.1, 0.15) is 5.15 Å². The number of nitrogens with zero attached hydrogens (tertiary/aromatic N) is 3. The van der Waals surface area contributed by atoms with Crippen LogP contribution < -0.4 is 0 Å². The number of fused-ring (bicyclic) bond motifs is 2. The van der Waals surface area contributed by atoms with Crippen LogP contribution in [0.4, 0.5) is 0 Å². The Balaban J connectivity index is 0.000000292. The van der Waals surface area contributed by atoms with Crippen molar-refractivity contribution in [2.24, 2.45) is 5.92 Å². The van der Waals surface area contributed by atoms with E-state index in [0.717, 1.165) is 11.6 Å². The molecule has 0 saturated carbocycles. The largest absolute Gasteiger partial charge is 0.303 e. The van der Waals surface area contributed by atoms with E-state index in [0.29, 0.717) is 5.15 Å². The van der Waals surface area contributed by atoms with Crippen molar-refractivity contribution in [2.75, 3.05) is 19.6 Å². The van der Waals surface area contributed by atoms with E-state index in [1.165, 1.54) is 45.3 Å². The second kappa shape index (κ2) is 11.0. The summed E-state index contributed by atoms with van der Waals surface area (Å²) in [6, 6.07) is 0. The number of aryl methyl sites for hydroxylation is 1. The molecule has 0 amide bonds. The van der Waals surface area contributed by atoms with Gasteiger partial charge in [0.05, 0.1) is 5.69 Å². The molecule has 3 nitrogen and oxygen atoms in total. The zero-order chi connectivity index (χ0) is 14.1. The maximum absolute atomic E-state index is 5.54. The van der Waals surface area contributed by atoms with Crippen LogP contribution in [0.1, 0.15) is 52.7 Å². The van der Waals surface area contributed by atoms with Crippen molar-refractivity contribution < 1.29 is 0 Å². The molecule has 0 aromatic carbocycles. The molecule has 2 aliphatic heterocycles. The molecule has 3 rings (SSSR count). The van der Waals surface area contributed by atoms with Crippen LogP contribution in [0.15, 0.2) is 12.4 Å². The molecule has 0 aliphatic carbocycles. The van der Waals surface area contributed by atoms with Gasteiger partial charge in [0.2, 0.25) is 0 Å². The minimum atomic E-state index is 0. The quantitative estimate of drug-likeness (QED) is 0.701. The second-order valence-electron chi connectivity index (χ2n) is 5.24. The van der Waals surface area contributed by atoms with Crippen molar-refractivity contribution in [1.29, 1.82) is 0 Å². The van der Waals surface area contributed by atoms with Crippen LogP contribution in [0.25, 0.3) is 0 Å². The average Bonchev–Trinajstić information content (AvgIpc) is 2.74. The number of halogens is 1. The van der Waals surface area contributed by atoms with Crippen molar-refractivity contribution in [3.63, 3.8) is 0 Å². The SMILES string of the molecule is C.C1CC2CCN(C1)C2.CCC.Cc1nccnc1Cl. The fourth-order valence-corrected chi connectivity index (χ4v) is 2.45. The summed E-state index contributed by atoms with van der Waals surface area (Å²) >= 11 is 5.54. The standard InChI is InChI=1S/C7H13N.C5H5ClN2.C3H8.CH4/c1-2-7-3-5-8(4-1)6-7;1-4-5(6)8-3-2-7-4;1-3-2;/h7H,1-6H2;2-3H,1H3;3H2,1-2H3;1H4. The van der Waals surface area contributed by atoms with Gasteiger partial charge < -0.3 is 4.90 Å². The molecule has 0 spiro atoms. The van der Waals surface area contributed by atoms with Crippen LogP contribution >= 0.6 is 11.6 Å². The maximum atomic E-state index is 5.54. The van der Waals surface area contributed by atoms with Crippen LogP contribution in [0.2, 0.25) is 5.15 Å². The molecule has 2 unspecified atom stereocenters. The molecule has 2 aliphatic rings. The third-order valence-corrected chi connectivity index (χ3v) is 3.65. The lowest BCUT2D eigenvalue weighted by atomic mass is 10.0. The molecule has 2 fully saturated rings. The van der Waals surface area contributed by atoms with E-state index in [1.54, 1.807) is 12.4 Å². The first-order valence-electron chi connectivity index (χ1n) is 7.32. The van der Waals surface area contributed by atoms with Crippen molar-refractivity contribution in [1.82, 2.24) is 14.9 Å².